The van der Waals surface area contributed by atoms with Crippen LogP contribution in [0.1, 0.15) is 39.5 Å². The summed E-state index contributed by atoms with van der Waals surface area (Å²) in [6.07, 6.45) is 1.11. The number of hydrogen-bond donors (Lipinski definition) is 6. The molecule has 3 atom stereocenters. The molecular formula is C15H29N5O5. The molecule has 0 heterocycles. The van der Waals surface area contributed by atoms with Gasteiger partial charge >= 0.3 is 5.97 Å². The van der Waals surface area contributed by atoms with Gasteiger partial charge in [-0.25, -0.2) is 4.79 Å². The third-order valence-electron chi connectivity index (χ3n) is 3.57. The maximum absolute atomic E-state index is 12.4. The van der Waals surface area contributed by atoms with Crippen LogP contribution >= 0.6 is 0 Å². The van der Waals surface area contributed by atoms with Crippen LogP contribution in [-0.4, -0.2) is 53.5 Å². The third kappa shape index (κ3) is 9.01. The van der Waals surface area contributed by atoms with E-state index in [-0.39, 0.29) is 18.8 Å². The molecule has 25 heavy (non-hydrogen) atoms. The molecule has 3 amide bonds. The van der Waals surface area contributed by atoms with Crippen molar-refractivity contribution in [3.05, 3.63) is 0 Å². The third-order valence-corrected chi connectivity index (χ3v) is 3.57. The smallest absolute Gasteiger partial charge is 0.326 e. The van der Waals surface area contributed by atoms with Gasteiger partial charge in [0.2, 0.25) is 17.7 Å². The van der Waals surface area contributed by atoms with E-state index in [2.05, 4.69) is 10.6 Å². The zero-order chi connectivity index (χ0) is 19.6. The summed E-state index contributed by atoms with van der Waals surface area (Å²) in [5, 5.41) is 14.0. The van der Waals surface area contributed by atoms with Gasteiger partial charge in [-0.05, 0) is 31.7 Å². The first-order valence-corrected chi connectivity index (χ1v) is 8.17. The highest BCUT2D eigenvalue weighted by Gasteiger charge is 2.29. The fourth-order valence-corrected chi connectivity index (χ4v) is 2.12. The maximum atomic E-state index is 12.4. The van der Waals surface area contributed by atoms with Crippen LogP contribution in [0.3, 0.4) is 0 Å². The van der Waals surface area contributed by atoms with Gasteiger partial charge in [0.25, 0.3) is 0 Å². The number of carboxylic acid groups (broad SMARTS) is 1. The highest BCUT2D eigenvalue weighted by atomic mass is 16.4. The number of nitrogens with two attached hydrogens (primary N) is 3. The van der Waals surface area contributed by atoms with Gasteiger partial charge in [-0.15, -0.1) is 0 Å². The first-order chi connectivity index (χ1) is 11.6. The number of hydrogen-bond acceptors (Lipinski definition) is 6. The molecule has 0 fully saturated rings. The van der Waals surface area contributed by atoms with Crippen molar-refractivity contribution in [3.63, 3.8) is 0 Å². The number of primary amides is 1. The molecule has 0 aromatic rings. The summed E-state index contributed by atoms with van der Waals surface area (Å²) >= 11 is 0. The predicted molar refractivity (Wildman–Crippen MR) is 91.0 cm³/mol. The zero-order valence-corrected chi connectivity index (χ0v) is 14.7. The molecule has 0 saturated heterocycles. The van der Waals surface area contributed by atoms with Crippen LogP contribution in [0, 0.1) is 5.92 Å². The van der Waals surface area contributed by atoms with E-state index in [0.717, 1.165) is 0 Å². The Morgan fingerprint density at radius 2 is 1.64 bits per heavy atom. The number of aliphatic carboxylic acids is 1. The Morgan fingerprint density at radius 1 is 1.04 bits per heavy atom. The number of unbranched alkanes of at least 4 members (excludes halogenated alkanes) is 1. The van der Waals surface area contributed by atoms with Crippen molar-refractivity contribution in [2.45, 2.75) is 57.7 Å². The molecule has 10 heteroatoms. The lowest BCUT2D eigenvalue weighted by Gasteiger charge is -2.24. The van der Waals surface area contributed by atoms with Crippen molar-refractivity contribution in [1.82, 2.24) is 10.6 Å². The molecule has 0 aliphatic rings. The fourth-order valence-electron chi connectivity index (χ4n) is 2.12. The second kappa shape index (κ2) is 11.4. The SMILES string of the molecule is CC(C)[C@H](NC(=O)[C@H](CCCCN)NC(=O)[C@@H](N)CC(N)=O)C(=O)O. The lowest BCUT2D eigenvalue weighted by Crippen LogP contribution is -2.55. The average molecular weight is 359 g/mol. The summed E-state index contributed by atoms with van der Waals surface area (Å²) in [7, 11) is 0. The molecular weight excluding hydrogens is 330 g/mol. The van der Waals surface area contributed by atoms with E-state index in [9.17, 15) is 19.2 Å². The van der Waals surface area contributed by atoms with Crippen LogP contribution in [0.5, 0.6) is 0 Å². The lowest BCUT2D eigenvalue weighted by atomic mass is 10.0. The van der Waals surface area contributed by atoms with Crippen molar-refractivity contribution in [2.24, 2.45) is 23.1 Å². The molecule has 10 nitrogen and oxygen atoms in total. The van der Waals surface area contributed by atoms with Gasteiger partial charge in [-0.1, -0.05) is 13.8 Å². The Balaban J connectivity index is 5.01. The van der Waals surface area contributed by atoms with Crippen molar-refractivity contribution < 1.29 is 24.3 Å². The summed E-state index contributed by atoms with van der Waals surface area (Å²) < 4.78 is 0. The number of carboxylic acids is 1. The van der Waals surface area contributed by atoms with E-state index in [1.165, 1.54) is 0 Å². The van der Waals surface area contributed by atoms with E-state index in [4.69, 9.17) is 22.3 Å². The Hall–Kier alpha value is -2.20. The number of carbonyl (C=O) groups excluding carboxylic acids is 3. The largest absolute Gasteiger partial charge is 0.480 e. The molecule has 0 bridgehead atoms. The van der Waals surface area contributed by atoms with E-state index in [1.807, 2.05) is 0 Å². The summed E-state index contributed by atoms with van der Waals surface area (Å²) in [6, 6.07) is -3.23. The standard InChI is InChI=1S/C15H29N5O5/c1-8(2)12(15(24)25)20-14(23)10(5-3-4-6-16)19-13(22)9(17)7-11(18)21/h8-10,12H,3-7,16-17H2,1-2H3,(H2,18,21)(H,19,22)(H,20,23)(H,24,25)/t9-,10-,12-/m0/s1. The van der Waals surface area contributed by atoms with Crippen molar-refractivity contribution in [1.29, 1.82) is 0 Å². The summed E-state index contributed by atoms with van der Waals surface area (Å²) in [4.78, 5) is 46.5. The molecule has 0 rings (SSSR count). The quantitative estimate of drug-likeness (QED) is 0.218. The van der Waals surface area contributed by atoms with Gasteiger partial charge in [-0.2, -0.15) is 0 Å². The summed E-state index contributed by atoms with van der Waals surface area (Å²) in [5.74, 6) is -3.57. The van der Waals surface area contributed by atoms with E-state index in [0.29, 0.717) is 19.4 Å². The topological polar surface area (TPSA) is 191 Å². The second-order valence-electron chi connectivity index (χ2n) is 6.19. The molecule has 0 unspecified atom stereocenters. The predicted octanol–water partition coefficient (Wildman–Crippen LogP) is -1.97. The van der Waals surface area contributed by atoms with Crippen LogP contribution in [-0.2, 0) is 19.2 Å². The Labute approximate surface area is 146 Å². The van der Waals surface area contributed by atoms with Gasteiger partial charge in [0.15, 0.2) is 0 Å². The van der Waals surface area contributed by atoms with Crippen LogP contribution in [0.15, 0.2) is 0 Å². The zero-order valence-electron chi connectivity index (χ0n) is 14.7. The minimum atomic E-state index is -1.18. The Kier molecular flexibility index (Phi) is 10.4. The van der Waals surface area contributed by atoms with E-state index < -0.39 is 41.8 Å². The fraction of sp³-hybridized carbons (Fsp3) is 0.733. The second-order valence-corrected chi connectivity index (χ2v) is 6.19. The lowest BCUT2D eigenvalue weighted by molar-refractivity contribution is -0.143. The van der Waals surface area contributed by atoms with Crippen molar-refractivity contribution >= 4 is 23.7 Å². The normalized spacial score (nSPS) is 14.4. The molecule has 144 valence electrons. The van der Waals surface area contributed by atoms with E-state index in [1.54, 1.807) is 13.8 Å². The molecule has 0 radical (unpaired) electrons. The molecule has 9 N–H and O–H groups in total. The molecule has 0 saturated carbocycles. The number of nitrogens with one attached hydrogen (secondary N) is 2. The van der Waals surface area contributed by atoms with Crippen LogP contribution in [0.4, 0.5) is 0 Å². The average Bonchev–Trinajstić information content (AvgIpc) is 2.49. The van der Waals surface area contributed by atoms with Crippen LogP contribution in [0.25, 0.3) is 0 Å². The molecule has 0 aliphatic carbocycles. The van der Waals surface area contributed by atoms with Gasteiger partial charge in [0.05, 0.1) is 12.5 Å². The van der Waals surface area contributed by atoms with Gasteiger partial charge < -0.3 is 32.9 Å². The number of amides is 3. The first-order valence-electron chi connectivity index (χ1n) is 8.17. The minimum absolute atomic E-state index is 0.266. The number of rotatable bonds is 12. The molecule has 0 spiro atoms. The Morgan fingerprint density at radius 3 is 2.08 bits per heavy atom. The minimum Gasteiger partial charge on any atom is -0.480 e. The van der Waals surface area contributed by atoms with Gasteiger partial charge in [0.1, 0.15) is 12.1 Å². The van der Waals surface area contributed by atoms with Crippen molar-refractivity contribution in [2.75, 3.05) is 6.54 Å². The highest BCUT2D eigenvalue weighted by molar-refractivity contribution is 5.93. The molecule has 0 aromatic heterocycles. The Bertz CT molecular complexity index is 483. The molecule has 0 aliphatic heterocycles. The summed E-state index contributed by atoms with van der Waals surface area (Å²) in [6.45, 7) is 3.74. The van der Waals surface area contributed by atoms with Gasteiger partial charge in [0, 0.05) is 0 Å². The van der Waals surface area contributed by atoms with Gasteiger partial charge in [-0.3, -0.25) is 14.4 Å². The van der Waals surface area contributed by atoms with Crippen LogP contribution < -0.4 is 27.8 Å². The van der Waals surface area contributed by atoms with Crippen LogP contribution in [0.2, 0.25) is 0 Å². The maximum Gasteiger partial charge on any atom is 0.326 e. The van der Waals surface area contributed by atoms with E-state index >= 15 is 0 Å². The summed E-state index contributed by atoms with van der Waals surface area (Å²) in [5.41, 5.74) is 16.0. The highest BCUT2D eigenvalue weighted by Crippen LogP contribution is 2.06. The molecule has 0 aromatic carbocycles. The first kappa shape index (κ1) is 22.8. The monoisotopic (exact) mass is 359 g/mol. The van der Waals surface area contributed by atoms with Crippen molar-refractivity contribution in [3.8, 4) is 0 Å². The number of carbonyl (C=O) groups is 4.